The maximum absolute atomic E-state index is 11.5. The molecule has 5 heteroatoms. The fourth-order valence-electron chi connectivity index (χ4n) is 1.31. The molecule has 0 aliphatic heterocycles. The van der Waals surface area contributed by atoms with E-state index in [-0.39, 0.29) is 11.9 Å². The maximum Gasteiger partial charge on any atom is 0.222 e. The molecule has 0 spiro atoms. The largest absolute Gasteiger partial charge is 0.354 e. The minimum absolute atomic E-state index is 0.0965. The van der Waals surface area contributed by atoms with Gasteiger partial charge >= 0.3 is 0 Å². The van der Waals surface area contributed by atoms with Crippen molar-refractivity contribution in [3.8, 4) is 0 Å². The van der Waals surface area contributed by atoms with Gasteiger partial charge in [-0.25, -0.2) is 0 Å². The Kier molecular flexibility index (Phi) is 5.24. The average molecular weight is 335 g/mol. The van der Waals surface area contributed by atoms with Crippen LogP contribution in [-0.2, 0) is 11.3 Å². The SMILES string of the molecule is CCC(C)NC(=O)CCn1ncc(I)c1C. The van der Waals surface area contributed by atoms with E-state index >= 15 is 0 Å². The molecule has 1 N–H and O–H groups in total. The van der Waals surface area contributed by atoms with E-state index in [4.69, 9.17) is 0 Å². The molecule has 0 saturated heterocycles. The summed E-state index contributed by atoms with van der Waals surface area (Å²) in [6.45, 7) is 6.74. The zero-order valence-electron chi connectivity index (χ0n) is 9.96. The van der Waals surface area contributed by atoms with Gasteiger partial charge in [-0.15, -0.1) is 0 Å². The Bertz CT molecular complexity index is 362. The lowest BCUT2D eigenvalue weighted by Crippen LogP contribution is -2.32. The molecular weight excluding hydrogens is 317 g/mol. The number of hydrogen-bond acceptors (Lipinski definition) is 2. The highest BCUT2D eigenvalue weighted by atomic mass is 127. The molecule has 1 aromatic heterocycles. The zero-order valence-corrected chi connectivity index (χ0v) is 12.1. The van der Waals surface area contributed by atoms with Gasteiger partial charge in [-0.1, -0.05) is 6.92 Å². The highest BCUT2D eigenvalue weighted by Crippen LogP contribution is 2.09. The topological polar surface area (TPSA) is 46.9 Å². The van der Waals surface area contributed by atoms with Crippen LogP contribution < -0.4 is 5.32 Å². The van der Waals surface area contributed by atoms with E-state index in [1.54, 1.807) is 0 Å². The first-order valence-corrected chi connectivity index (χ1v) is 6.59. The Morgan fingerprint density at radius 3 is 2.88 bits per heavy atom. The van der Waals surface area contributed by atoms with Crippen molar-refractivity contribution < 1.29 is 4.79 Å². The van der Waals surface area contributed by atoms with E-state index < -0.39 is 0 Å². The molecule has 0 bridgehead atoms. The van der Waals surface area contributed by atoms with Crippen LogP contribution in [0.15, 0.2) is 6.20 Å². The first-order valence-electron chi connectivity index (χ1n) is 5.51. The van der Waals surface area contributed by atoms with Crippen molar-refractivity contribution in [2.45, 2.75) is 46.2 Å². The van der Waals surface area contributed by atoms with Crippen LogP contribution in [0.4, 0.5) is 0 Å². The predicted octanol–water partition coefficient (Wildman–Crippen LogP) is 2.10. The predicted molar refractivity (Wildman–Crippen MR) is 72.2 cm³/mol. The van der Waals surface area contributed by atoms with Gasteiger partial charge in [0.2, 0.25) is 5.91 Å². The van der Waals surface area contributed by atoms with Gasteiger partial charge in [0.05, 0.1) is 9.77 Å². The fourth-order valence-corrected chi connectivity index (χ4v) is 1.71. The normalized spacial score (nSPS) is 12.5. The number of amides is 1. The van der Waals surface area contributed by atoms with Crippen molar-refractivity contribution in [3.63, 3.8) is 0 Å². The van der Waals surface area contributed by atoms with E-state index in [0.717, 1.165) is 15.7 Å². The standard InChI is InChI=1S/C11H18IN3O/c1-4-8(2)14-11(16)5-6-15-9(3)10(12)7-13-15/h7-8H,4-6H2,1-3H3,(H,14,16). The summed E-state index contributed by atoms with van der Waals surface area (Å²) in [5, 5.41) is 7.16. The molecule has 1 atom stereocenters. The Hall–Kier alpha value is -0.590. The highest BCUT2D eigenvalue weighted by Gasteiger charge is 2.08. The smallest absolute Gasteiger partial charge is 0.222 e. The minimum Gasteiger partial charge on any atom is -0.354 e. The molecule has 1 rings (SSSR count). The van der Waals surface area contributed by atoms with Gasteiger partial charge in [-0.05, 0) is 42.9 Å². The van der Waals surface area contributed by atoms with Crippen molar-refractivity contribution in [1.29, 1.82) is 0 Å². The molecule has 16 heavy (non-hydrogen) atoms. The quantitative estimate of drug-likeness (QED) is 0.838. The molecule has 0 aliphatic carbocycles. The first-order chi connectivity index (χ1) is 7.54. The lowest BCUT2D eigenvalue weighted by molar-refractivity contribution is -0.121. The van der Waals surface area contributed by atoms with Gasteiger partial charge in [0.15, 0.2) is 0 Å². The number of aryl methyl sites for hydroxylation is 1. The van der Waals surface area contributed by atoms with Crippen LogP contribution in [0.25, 0.3) is 0 Å². The number of hydrogen-bond donors (Lipinski definition) is 1. The number of aromatic nitrogens is 2. The van der Waals surface area contributed by atoms with Gasteiger partial charge in [-0.3, -0.25) is 9.48 Å². The number of carbonyl (C=O) groups is 1. The Balaban J connectivity index is 2.40. The van der Waals surface area contributed by atoms with Crippen molar-refractivity contribution in [2.75, 3.05) is 0 Å². The Labute approximate surface area is 110 Å². The summed E-state index contributed by atoms with van der Waals surface area (Å²) in [6.07, 6.45) is 3.27. The molecule has 4 nitrogen and oxygen atoms in total. The van der Waals surface area contributed by atoms with E-state index in [1.807, 2.05) is 24.7 Å². The molecule has 1 amide bonds. The van der Waals surface area contributed by atoms with Gasteiger partial charge in [0.1, 0.15) is 0 Å². The zero-order chi connectivity index (χ0) is 12.1. The van der Waals surface area contributed by atoms with Crippen molar-refractivity contribution in [3.05, 3.63) is 15.5 Å². The van der Waals surface area contributed by atoms with Crippen LogP contribution in [0.1, 0.15) is 32.4 Å². The molecule has 0 radical (unpaired) electrons. The Morgan fingerprint density at radius 1 is 1.69 bits per heavy atom. The van der Waals surface area contributed by atoms with Crippen LogP contribution in [0, 0.1) is 10.5 Å². The lowest BCUT2D eigenvalue weighted by atomic mass is 10.2. The van der Waals surface area contributed by atoms with Gasteiger partial charge in [0, 0.05) is 24.7 Å². The molecule has 1 unspecified atom stereocenters. The highest BCUT2D eigenvalue weighted by molar-refractivity contribution is 14.1. The third-order valence-corrected chi connectivity index (χ3v) is 3.67. The third-order valence-electron chi connectivity index (χ3n) is 2.61. The van der Waals surface area contributed by atoms with E-state index in [0.29, 0.717) is 13.0 Å². The molecule has 0 fully saturated rings. The number of nitrogens with zero attached hydrogens (tertiary/aromatic N) is 2. The maximum atomic E-state index is 11.5. The van der Waals surface area contributed by atoms with Gasteiger partial charge in [0.25, 0.3) is 0 Å². The van der Waals surface area contributed by atoms with Crippen molar-refractivity contribution in [2.24, 2.45) is 0 Å². The molecule has 1 aromatic rings. The second-order valence-electron chi connectivity index (χ2n) is 3.93. The van der Waals surface area contributed by atoms with Crippen LogP contribution in [0.5, 0.6) is 0 Å². The summed E-state index contributed by atoms with van der Waals surface area (Å²) >= 11 is 2.24. The van der Waals surface area contributed by atoms with Crippen LogP contribution in [0.3, 0.4) is 0 Å². The van der Waals surface area contributed by atoms with E-state index in [9.17, 15) is 4.79 Å². The molecular formula is C11H18IN3O. The molecule has 90 valence electrons. The van der Waals surface area contributed by atoms with Crippen molar-refractivity contribution in [1.82, 2.24) is 15.1 Å². The summed E-state index contributed by atoms with van der Waals surface area (Å²) in [6, 6.07) is 0.256. The second kappa shape index (κ2) is 6.22. The fraction of sp³-hybridized carbons (Fsp3) is 0.636. The summed E-state index contributed by atoms with van der Waals surface area (Å²) in [7, 11) is 0. The first kappa shape index (κ1) is 13.5. The molecule has 1 heterocycles. The number of carbonyl (C=O) groups excluding carboxylic acids is 1. The Morgan fingerprint density at radius 2 is 2.38 bits per heavy atom. The van der Waals surface area contributed by atoms with E-state index in [1.165, 1.54) is 0 Å². The third kappa shape index (κ3) is 3.77. The van der Waals surface area contributed by atoms with Crippen molar-refractivity contribution >= 4 is 28.5 Å². The molecule has 0 aromatic carbocycles. The average Bonchev–Trinajstić information content (AvgIpc) is 2.57. The number of rotatable bonds is 5. The molecule has 0 saturated carbocycles. The number of halogens is 1. The number of nitrogens with one attached hydrogen (secondary N) is 1. The summed E-state index contributed by atoms with van der Waals surface area (Å²) < 4.78 is 3.01. The molecule has 0 aliphatic rings. The minimum atomic E-state index is 0.0965. The van der Waals surface area contributed by atoms with Crippen LogP contribution in [0.2, 0.25) is 0 Å². The summed E-state index contributed by atoms with van der Waals surface area (Å²) in [5.41, 5.74) is 1.12. The monoisotopic (exact) mass is 335 g/mol. The van der Waals surface area contributed by atoms with Gasteiger partial charge < -0.3 is 5.32 Å². The summed E-state index contributed by atoms with van der Waals surface area (Å²) in [5.74, 6) is 0.0965. The van der Waals surface area contributed by atoms with Crippen LogP contribution in [-0.4, -0.2) is 21.7 Å². The van der Waals surface area contributed by atoms with Gasteiger partial charge in [-0.2, -0.15) is 5.10 Å². The summed E-state index contributed by atoms with van der Waals surface area (Å²) in [4.78, 5) is 11.5. The second-order valence-corrected chi connectivity index (χ2v) is 5.09. The van der Waals surface area contributed by atoms with Crippen LogP contribution >= 0.6 is 22.6 Å². The van der Waals surface area contributed by atoms with E-state index in [2.05, 4.69) is 39.9 Å². The lowest BCUT2D eigenvalue weighted by Gasteiger charge is -2.11.